The first-order chi connectivity index (χ1) is 16.0. The number of hydrogen-bond donors (Lipinski definition) is 1. The Balaban J connectivity index is 1.87. The van der Waals surface area contributed by atoms with Gasteiger partial charge in [-0.15, -0.1) is 0 Å². The lowest BCUT2D eigenvalue weighted by Gasteiger charge is -2.29. The van der Waals surface area contributed by atoms with Crippen molar-refractivity contribution in [1.82, 2.24) is 14.9 Å². The molecule has 33 heavy (non-hydrogen) atoms. The average molecular weight is 467 g/mol. The first-order valence-corrected chi connectivity index (χ1v) is 11.3. The van der Waals surface area contributed by atoms with Crippen LogP contribution in [-0.2, 0) is 11.3 Å². The van der Waals surface area contributed by atoms with Gasteiger partial charge < -0.3 is 29.0 Å². The van der Waals surface area contributed by atoms with Gasteiger partial charge in [-0.25, -0.2) is 0 Å². The van der Waals surface area contributed by atoms with Gasteiger partial charge in [0.25, 0.3) is 0 Å². The van der Waals surface area contributed by atoms with Crippen LogP contribution >= 0.6 is 12.2 Å². The maximum Gasteiger partial charge on any atom is 0.174 e. The zero-order valence-electron chi connectivity index (χ0n) is 19.7. The predicted octanol–water partition coefficient (Wildman–Crippen LogP) is 4.34. The molecule has 3 aromatic rings. The average Bonchev–Trinajstić information content (AvgIpc) is 3.32. The van der Waals surface area contributed by atoms with Crippen molar-refractivity contribution < 1.29 is 14.2 Å². The molecule has 0 saturated carbocycles. The molecule has 2 atom stereocenters. The molecule has 1 aromatic carbocycles. The SMILES string of the molecule is COCCn1c(C)cc([C@H]2[C@H](c3ccccn3)NC(=S)N2c2ccc(OC)cc2OC)c1C. The fourth-order valence-electron chi connectivity index (χ4n) is 4.57. The number of nitrogens with zero attached hydrogens (tertiary/aromatic N) is 3. The van der Waals surface area contributed by atoms with Crippen molar-refractivity contribution in [2.45, 2.75) is 32.5 Å². The zero-order chi connectivity index (χ0) is 23.5. The van der Waals surface area contributed by atoms with Crippen LogP contribution in [0.4, 0.5) is 5.69 Å². The molecule has 174 valence electrons. The van der Waals surface area contributed by atoms with Crippen molar-refractivity contribution in [1.29, 1.82) is 0 Å². The number of ether oxygens (including phenoxy) is 3. The van der Waals surface area contributed by atoms with Crippen LogP contribution in [-0.4, -0.2) is 42.6 Å². The second-order valence-corrected chi connectivity index (χ2v) is 8.39. The normalized spacial score (nSPS) is 17.8. The second-order valence-electron chi connectivity index (χ2n) is 8.01. The summed E-state index contributed by atoms with van der Waals surface area (Å²) in [5.41, 5.74) is 5.35. The molecule has 0 radical (unpaired) electrons. The highest BCUT2D eigenvalue weighted by molar-refractivity contribution is 7.80. The first kappa shape index (κ1) is 23.1. The highest BCUT2D eigenvalue weighted by Crippen LogP contribution is 2.46. The number of aromatic nitrogens is 2. The van der Waals surface area contributed by atoms with E-state index in [9.17, 15) is 0 Å². The molecule has 2 aromatic heterocycles. The molecule has 4 rings (SSSR count). The van der Waals surface area contributed by atoms with Gasteiger partial charge in [0.05, 0.1) is 44.3 Å². The molecule has 0 spiro atoms. The molecule has 1 N–H and O–H groups in total. The number of pyridine rings is 1. The van der Waals surface area contributed by atoms with Crippen molar-refractivity contribution in [3.63, 3.8) is 0 Å². The Hall–Kier alpha value is -3.10. The van der Waals surface area contributed by atoms with Gasteiger partial charge in [-0.05, 0) is 62.0 Å². The third-order valence-electron chi connectivity index (χ3n) is 6.19. The van der Waals surface area contributed by atoms with Gasteiger partial charge in [0.1, 0.15) is 11.5 Å². The fourth-order valence-corrected chi connectivity index (χ4v) is 4.91. The van der Waals surface area contributed by atoms with Crippen molar-refractivity contribution in [2.24, 2.45) is 0 Å². The van der Waals surface area contributed by atoms with E-state index in [2.05, 4.69) is 39.7 Å². The number of methoxy groups -OCH3 is 3. The van der Waals surface area contributed by atoms with Gasteiger partial charge in [0, 0.05) is 37.3 Å². The summed E-state index contributed by atoms with van der Waals surface area (Å²) >= 11 is 5.87. The van der Waals surface area contributed by atoms with Gasteiger partial charge in [-0.3, -0.25) is 4.98 Å². The Labute approximate surface area is 200 Å². The number of nitrogens with one attached hydrogen (secondary N) is 1. The standard InChI is InChI=1S/C25H30N4O3S/c1-16-14-19(17(2)28(16)12-13-30-3)24-23(20-8-6-7-11-26-20)27-25(33)29(24)21-10-9-18(31-4)15-22(21)32-5/h6-11,14-15,23-24H,12-13H2,1-5H3,(H,27,33)/t23-,24-/m0/s1. The van der Waals surface area contributed by atoms with Crippen LogP contribution in [0, 0.1) is 13.8 Å². The van der Waals surface area contributed by atoms with Gasteiger partial charge in [-0.1, -0.05) is 6.07 Å². The van der Waals surface area contributed by atoms with Gasteiger partial charge in [-0.2, -0.15) is 0 Å². The second kappa shape index (κ2) is 9.80. The van der Waals surface area contributed by atoms with Crippen LogP contribution < -0.4 is 19.7 Å². The zero-order valence-corrected chi connectivity index (χ0v) is 20.5. The summed E-state index contributed by atoms with van der Waals surface area (Å²) in [6.07, 6.45) is 1.82. The van der Waals surface area contributed by atoms with E-state index in [1.807, 2.05) is 42.6 Å². The summed E-state index contributed by atoms with van der Waals surface area (Å²) in [7, 11) is 5.03. The quantitative estimate of drug-likeness (QED) is 0.496. The summed E-state index contributed by atoms with van der Waals surface area (Å²) in [4.78, 5) is 6.78. The number of thiocarbonyl (C=S) groups is 1. The Morgan fingerprint density at radius 2 is 1.88 bits per heavy atom. The minimum Gasteiger partial charge on any atom is -0.497 e. The molecule has 0 aliphatic carbocycles. The van der Waals surface area contributed by atoms with Crippen molar-refractivity contribution in [2.75, 3.05) is 32.8 Å². The Morgan fingerprint density at radius 1 is 1.06 bits per heavy atom. The number of rotatable bonds is 8. The highest BCUT2D eigenvalue weighted by atomic mass is 32.1. The summed E-state index contributed by atoms with van der Waals surface area (Å²) < 4.78 is 18.8. The smallest absolute Gasteiger partial charge is 0.174 e. The Bertz CT molecular complexity index is 1130. The summed E-state index contributed by atoms with van der Waals surface area (Å²) in [5.74, 6) is 1.42. The minimum absolute atomic E-state index is 0.114. The summed E-state index contributed by atoms with van der Waals surface area (Å²) in [5, 5.41) is 4.15. The van der Waals surface area contributed by atoms with Crippen molar-refractivity contribution in [3.8, 4) is 11.5 Å². The third kappa shape index (κ3) is 4.28. The first-order valence-electron chi connectivity index (χ1n) is 10.9. The van der Waals surface area contributed by atoms with E-state index < -0.39 is 0 Å². The number of aryl methyl sites for hydroxylation is 1. The lowest BCUT2D eigenvalue weighted by atomic mass is 9.96. The molecule has 1 saturated heterocycles. The van der Waals surface area contributed by atoms with Gasteiger partial charge in [0.15, 0.2) is 5.11 Å². The molecule has 1 fully saturated rings. The van der Waals surface area contributed by atoms with E-state index in [1.165, 1.54) is 17.0 Å². The van der Waals surface area contributed by atoms with Gasteiger partial charge >= 0.3 is 0 Å². The van der Waals surface area contributed by atoms with E-state index >= 15 is 0 Å². The molecule has 8 heteroatoms. The molecular weight excluding hydrogens is 436 g/mol. The Kier molecular flexibility index (Phi) is 6.85. The Morgan fingerprint density at radius 3 is 2.55 bits per heavy atom. The maximum atomic E-state index is 5.87. The molecule has 7 nitrogen and oxygen atoms in total. The topological polar surface area (TPSA) is 60.8 Å². The highest BCUT2D eigenvalue weighted by Gasteiger charge is 2.43. The third-order valence-corrected chi connectivity index (χ3v) is 6.51. The molecule has 1 aliphatic heterocycles. The van der Waals surface area contributed by atoms with Gasteiger partial charge in [0.2, 0.25) is 0 Å². The molecule has 0 amide bonds. The fraction of sp³-hybridized carbons (Fsp3) is 0.360. The summed E-state index contributed by atoms with van der Waals surface area (Å²) in [6.45, 7) is 5.72. The number of hydrogen-bond acceptors (Lipinski definition) is 5. The summed E-state index contributed by atoms with van der Waals surface area (Å²) in [6, 6.07) is 13.8. The van der Waals surface area contributed by atoms with E-state index in [-0.39, 0.29) is 12.1 Å². The van der Waals surface area contributed by atoms with E-state index in [4.69, 9.17) is 26.4 Å². The lowest BCUT2D eigenvalue weighted by molar-refractivity contribution is 0.186. The molecular formula is C25H30N4O3S. The molecule has 0 unspecified atom stereocenters. The lowest BCUT2D eigenvalue weighted by Crippen LogP contribution is -2.30. The van der Waals surface area contributed by atoms with Crippen LogP contribution in [0.5, 0.6) is 11.5 Å². The minimum atomic E-state index is -0.123. The molecule has 0 bridgehead atoms. The largest absolute Gasteiger partial charge is 0.497 e. The maximum absolute atomic E-state index is 5.87. The van der Waals surface area contributed by atoms with E-state index in [1.54, 1.807) is 21.3 Å². The van der Waals surface area contributed by atoms with Crippen LogP contribution in [0.15, 0.2) is 48.7 Å². The van der Waals surface area contributed by atoms with Crippen molar-refractivity contribution in [3.05, 3.63) is 71.3 Å². The van der Waals surface area contributed by atoms with Crippen LogP contribution in [0.25, 0.3) is 0 Å². The number of benzene rings is 1. The molecule has 3 heterocycles. The van der Waals surface area contributed by atoms with E-state index in [0.717, 1.165) is 23.7 Å². The number of anilines is 1. The monoisotopic (exact) mass is 466 g/mol. The van der Waals surface area contributed by atoms with Crippen molar-refractivity contribution >= 4 is 23.0 Å². The van der Waals surface area contributed by atoms with Crippen LogP contribution in [0.3, 0.4) is 0 Å². The predicted molar refractivity (Wildman–Crippen MR) is 133 cm³/mol. The van der Waals surface area contributed by atoms with E-state index in [0.29, 0.717) is 17.5 Å². The molecule has 1 aliphatic rings. The van der Waals surface area contributed by atoms with Crippen LogP contribution in [0.2, 0.25) is 0 Å². The van der Waals surface area contributed by atoms with Crippen LogP contribution in [0.1, 0.15) is 34.7 Å².